The summed E-state index contributed by atoms with van der Waals surface area (Å²) in [6, 6.07) is 7.79. The molecule has 1 saturated heterocycles. The van der Waals surface area contributed by atoms with Gasteiger partial charge in [0.2, 0.25) is 5.91 Å². The lowest BCUT2D eigenvalue weighted by atomic mass is 10.2. The van der Waals surface area contributed by atoms with E-state index in [1.165, 1.54) is 0 Å². The fraction of sp³-hybridized carbons (Fsp3) is 0.562. The van der Waals surface area contributed by atoms with Gasteiger partial charge in [0.05, 0.1) is 13.7 Å². The fourth-order valence-corrected chi connectivity index (χ4v) is 3.23. The van der Waals surface area contributed by atoms with Gasteiger partial charge in [0.15, 0.2) is 11.5 Å². The van der Waals surface area contributed by atoms with Gasteiger partial charge in [0, 0.05) is 30.5 Å². The first-order valence-corrected chi connectivity index (χ1v) is 8.72. The fourth-order valence-electron chi connectivity index (χ4n) is 2.28. The molecule has 1 aromatic rings. The summed E-state index contributed by atoms with van der Waals surface area (Å²) in [7, 11) is 1.61. The van der Waals surface area contributed by atoms with Crippen molar-refractivity contribution in [1.82, 2.24) is 10.6 Å². The van der Waals surface area contributed by atoms with E-state index < -0.39 is 0 Å². The average Bonchev–Trinajstić information content (AvgIpc) is 2.54. The first kappa shape index (κ1) is 17.0. The van der Waals surface area contributed by atoms with Gasteiger partial charge >= 0.3 is 0 Å². The molecule has 1 fully saturated rings. The number of methoxy groups -OCH3 is 1. The molecular weight excluding hydrogens is 300 g/mol. The second-order valence-electron chi connectivity index (χ2n) is 5.31. The molecule has 0 bridgehead atoms. The van der Waals surface area contributed by atoms with Crippen LogP contribution >= 0.6 is 11.8 Å². The number of thioether (sulfide) groups is 1. The molecule has 0 saturated carbocycles. The van der Waals surface area contributed by atoms with Crippen LogP contribution < -0.4 is 20.1 Å². The highest BCUT2D eigenvalue weighted by Gasteiger charge is 2.17. The van der Waals surface area contributed by atoms with E-state index in [0.717, 1.165) is 18.1 Å². The predicted molar refractivity (Wildman–Crippen MR) is 89.8 cm³/mol. The maximum absolute atomic E-state index is 12.0. The SMILES string of the molecule is COc1ccccc1OC(C)CNC(=O)CC1CSCCN1. The van der Waals surface area contributed by atoms with Crippen molar-refractivity contribution in [3.8, 4) is 11.5 Å². The van der Waals surface area contributed by atoms with E-state index in [2.05, 4.69) is 10.6 Å². The molecule has 0 aliphatic carbocycles. The highest BCUT2D eigenvalue weighted by atomic mass is 32.2. The minimum Gasteiger partial charge on any atom is -0.493 e. The predicted octanol–water partition coefficient (Wildman–Crippen LogP) is 1.67. The normalized spacial score (nSPS) is 19.3. The van der Waals surface area contributed by atoms with Gasteiger partial charge in [-0.3, -0.25) is 4.79 Å². The number of ether oxygens (including phenoxy) is 2. The van der Waals surface area contributed by atoms with Crippen LogP contribution in [0, 0.1) is 0 Å². The van der Waals surface area contributed by atoms with Crippen molar-refractivity contribution in [1.29, 1.82) is 0 Å². The molecule has 1 aliphatic heterocycles. The van der Waals surface area contributed by atoms with Crippen LogP contribution in [0.15, 0.2) is 24.3 Å². The van der Waals surface area contributed by atoms with Gasteiger partial charge in [-0.1, -0.05) is 12.1 Å². The highest BCUT2D eigenvalue weighted by molar-refractivity contribution is 7.99. The Morgan fingerprint density at radius 1 is 1.45 bits per heavy atom. The van der Waals surface area contributed by atoms with E-state index in [9.17, 15) is 4.79 Å². The van der Waals surface area contributed by atoms with Crippen molar-refractivity contribution in [2.45, 2.75) is 25.5 Å². The van der Waals surface area contributed by atoms with E-state index in [0.29, 0.717) is 24.5 Å². The van der Waals surface area contributed by atoms with Gasteiger partial charge in [0.1, 0.15) is 6.10 Å². The van der Waals surface area contributed by atoms with Gasteiger partial charge in [-0.25, -0.2) is 0 Å². The molecule has 0 aromatic heterocycles. The first-order valence-electron chi connectivity index (χ1n) is 7.56. The number of benzene rings is 1. The molecular formula is C16H24N2O3S. The average molecular weight is 324 g/mol. The second-order valence-corrected chi connectivity index (χ2v) is 6.46. The van der Waals surface area contributed by atoms with Crippen molar-refractivity contribution < 1.29 is 14.3 Å². The molecule has 1 amide bonds. The number of carbonyl (C=O) groups is 1. The summed E-state index contributed by atoms with van der Waals surface area (Å²) < 4.78 is 11.1. The minimum absolute atomic E-state index is 0.0653. The smallest absolute Gasteiger partial charge is 0.221 e. The Hall–Kier alpha value is -1.40. The van der Waals surface area contributed by atoms with E-state index in [1.807, 2.05) is 43.0 Å². The number of carbonyl (C=O) groups excluding carboxylic acids is 1. The molecule has 5 nitrogen and oxygen atoms in total. The van der Waals surface area contributed by atoms with Crippen LogP contribution in [0.25, 0.3) is 0 Å². The van der Waals surface area contributed by atoms with Crippen LogP contribution in [0.3, 0.4) is 0 Å². The molecule has 122 valence electrons. The van der Waals surface area contributed by atoms with Gasteiger partial charge in [-0.05, 0) is 19.1 Å². The summed E-state index contributed by atoms with van der Waals surface area (Å²) in [5.41, 5.74) is 0. The third kappa shape index (κ3) is 5.42. The maximum Gasteiger partial charge on any atom is 0.221 e. The van der Waals surface area contributed by atoms with Crippen LogP contribution in [-0.4, -0.2) is 49.8 Å². The molecule has 1 heterocycles. The summed E-state index contributed by atoms with van der Waals surface area (Å²) in [6.07, 6.45) is 0.405. The van der Waals surface area contributed by atoms with Crippen molar-refractivity contribution in [3.63, 3.8) is 0 Å². The summed E-state index contributed by atoms with van der Waals surface area (Å²) in [6.45, 7) is 3.40. The van der Waals surface area contributed by atoms with Crippen LogP contribution in [0.2, 0.25) is 0 Å². The van der Waals surface area contributed by atoms with Crippen LogP contribution in [0.4, 0.5) is 0 Å². The second kappa shape index (κ2) is 8.90. The van der Waals surface area contributed by atoms with Crippen molar-refractivity contribution in [3.05, 3.63) is 24.3 Å². The number of amides is 1. The summed E-state index contributed by atoms with van der Waals surface area (Å²) in [5.74, 6) is 3.58. The molecule has 1 aliphatic rings. The van der Waals surface area contributed by atoms with E-state index in [4.69, 9.17) is 9.47 Å². The molecule has 2 rings (SSSR count). The van der Waals surface area contributed by atoms with Gasteiger partial charge in [-0.2, -0.15) is 11.8 Å². The Kier molecular flexibility index (Phi) is 6.86. The molecule has 2 unspecified atom stereocenters. The Balaban J connectivity index is 1.72. The largest absolute Gasteiger partial charge is 0.493 e. The minimum atomic E-state index is -0.117. The zero-order valence-corrected chi connectivity index (χ0v) is 13.9. The van der Waals surface area contributed by atoms with Crippen LogP contribution in [-0.2, 0) is 4.79 Å². The van der Waals surface area contributed by atoms with E-state index in [1.54, 1.807) is 7.11 Å². The Bertz CT molecular complexity index is 478. The molecule has 2 N–H and O–H groups in total. The molecule has 2 atom stereocenters. The summed E-state index contributed by atoms with van der Waals surface area (Å²) in [5, 5.41) is 6.30. The van der Waals surface area contributed by atoms with Crippen LogP contribution in [0.1, 0.15) is 13.3 Å². The molecule has 0 radical (unpaired) electrons. The Labute approximate surface area is 136 Å². The molecule has 1 aromatic carbocycles. The van der Waals surface area contributed by atoms with Gasteiger partial charge in [-0.15, -0.1) is 0 Å². The number of hydrogen-bond donors (Lipinski definition) is 2. The lowest BCUT2D eigenvalue weighted by molar-refractivity contribution is -0.121. The Morgan fingerprint density at radius 3 is 2.91 bits per heavy atom. The first-order chi connectivity index (χ1) is 10.7. The zero-order chi connectivity index (χ0) is 15.8. The summed E-state index contributed by atoms with van der Waals surface area (Å²) in [4.78, 5) is 12.0. The van der Waals surface area contributed by atoms with Gasteiger partial charge < -0.3 is 20.1 Å². The number of nitrogens with one attached hydrogen (secondary N) is 2. The molecule has 0 spiro atoms. The number of para-hydroxylation sites is 2. The van der Waals surface area contributed by atoms with Crippen molar-refractivity contribution in [2.24, 2.45) is 0 Å². The quantitative estimate of drug-likeness (QED) is 0.799. The number of rotatable bonds is 7. The molecule has 22 heavy (non-hydrogen) atoms. The summed E-state index contributed by atoms with van der Waals surface area (Å²) >= 11 is 1.89. The number of hydrogen-bond acceptors (Lipinski definition) is 5. The zero-order valence-electron chi connectivity index (χ0n) is 13.1. The standard InChI is InChI=1S/C16H24N2O3S/c1-12(21-15-6-4-3-5-14(15)20-2)10-18-16(19)9-13-11-22-8-7-17-13/h3-6,12-13,17H,7-11H2,1-2H3,(H,18,19). The maximum atomic E-state index is 12.0. The molecule has 6 heteroatoms. The van der Waals surface area contributed by atoms with Crippen molar-refractivity contribution >= 4 is 17.7 Å². The lowest BCUT2D eigenvalue weighted by Crippen LogP contribution is -2.42. The monoisotopic (exact) mass is 324 g/mol. The van der Waals surface area contributed by atoms with E-state index in [-0.39, 0.29) is 18.1 Å². The van der Waals surface area contributed by atoms with Crippen molar-refractivity contribution in [2.75, 3.05) is 31.7 Å². The third-order valence-electron chi connectivity index (χ3n) is 3.41. The van der Waals surface area contributed by atoms with Gasteiger partial charge in [0.25, 0.3) is 0 Å². The Morgan fingerprint density at radius 2 is 2.23 bits per heavy atom. The topological polar surface area (TPSA) is 59.6 Å². The van der Waals surface area contributed by atoms with E-state index >= 15 is 0 Å². The highest BCUT2D eigenvalue weighted by Crippen LogP contribution is 2.26. The third-order valence-corrected chi connectivity index (χ3v) is 4.55. The van der Waals surface area contributed by atoms with Crippen LogP contribution in [0.5, 0.6) is 11.5 Å². The lowest BCUT2D eigenvalue weighted by Gasteiger charge is -2.23.